The topological polar surface area (TPSA) is 78.2 Å². The number of carbonyl (C=O) groups is 1. The molecule has 0 spiro atoms. The van der Waals surface area contributed by atoms with Crippen molar-refractivity contribution in [2.45, 2.75) is 19.4 Å². The summed E-state index contributed by atoms with van der Waals surface area (Å²) >= 11 is 0. The lowest BCUT2D eigenvalue weighted by molar-refractivity contribution is -0.131. The van der Waals surface area contributed by atoms with Crippen LogP contribution in [0.25, 0.3) is 11.0 Å². The molecule has 3 rings (SSSR count). The van der Waals surface area contributed by atoms with Crippen LogP contribution in [0.2, 0.25) is 0 Å². The third kappa shape index (κ3) is 2.54. The van der Waals surface area contributed by atoms with E-state index in [1.54, 1.807) is 0 Å². The summed E-state index contributed by atoms with van der Waals surface area (Å²) in [6.45, 7) is 3.86. The van der Waals surface area contributed by atoms with Crippen LogP contribution in [0.1, 0.15) is 13.3 Å². The van der Waals surface area contributed by atoms with E-state index in [0.29, 0.717) is 5.92 Å². The molecule has 22 heavy (non-hydrogen) atoms. The molecule has 118 valence electrons. The van der Waals surface area contributed by atoms with Crippen LogP contribution in [-0.4, -0.2) is 53.5 Å². The number of likely N-dealkylation sites (N-methyl/N-ethyl adjacent to an activating group) is 1. The Morgan fingerprint density at radius 1 is 1.55 bits per heavy atom. The molecule has 3 N–H and O–H groups in total. The SMILES string of the molecule is CC1CCN(C(=O)CN)CC1N(C)c1ccnc2[nH]ccc12. The Bertz CT molecular complexity index is 667. The first-order chi connectivity index (χ1) is 10.6. The molecule has 1 saturated heterocycles. The summed E-state index contributed by atoms with van der Waals surface area (Å²) < 4.78 is 0. The van der Waals surface area contributed by atoms with E-state index in [0.717, 1.165) is 36.2 Å². The highest BCUT2D eigenvalue weighted by atomic mass is 16.2. The van der Waals surface area contributed by atoms with Crippen molar-refractivity contribution < 1.29 is 4.79 Å². The van der Waals surface area contributed by atoms with Gasteiger partial charge in [-0.1, -0.05) is 6.92 Å². The number of hydrogen-bond acceptors (Lipinski definition) is 4. The average molecular weight is 301 g/mol. The molecule has 2 aromatic heterocycles. The van der Waals surface area contributed by atoms with Crippen molar-refractivity contribution in [1.82, 2.24) is 14.9 Å². The number of nitrogens with zero attached hydrogens (tertiary/aromatic N) is 3. The summed E-state index contributed by atoms with van der Waals surface area (Å²) in [6, 6.07) is 4.36. The van der Waals surface area contributed by atoms with Crippen LogP contribution in [0.15, 0.2) is 24.5 Å². The van der Waals surface area contributed by atoms with Gasteiger partial charge in [0.15, 0.2) is 0 Å². The number of nitrogens with two attached hydrogens (primary N) is 1. The van der Waals surface area contributed by atoms with Crippen LogP contribution in [-0.2, 0) is 4.79 Å². The van der Waals surface area contributed by atoms with E-state index in [4.69, 9.17) is 5.73 Å². The molecule has 3 heterocycles. The summed E-state index contributed by atoms with van der Waals surface area (Å²) in [6.07, 6.45) is 4.73. The Kier molecular flexibility index (Phi) is 4.02. The fourth-order valence-corrected chi connectivity index (χ4v) is 3.34. The summed E-state index contributed by atoms with van der Waals surface area (Å²) in [5.74, 6) is 0.556. The van der Waals surface area contributed by atoms with Crippen molar-refractivity contribution in [3.8, 4) is 0 Å². The lowest BCUT2D eigenvalue weighted by atomic mass is 9.91. The van der Waals surface area contributed by atoms with Crippen molar-refractivity contribution >= 4 is 22.6 Å². The number of H-pyrrole nitrogens is 1. The molecule has 1 aliphatic heterocycles. The molecule has 6 heteroatoms. The molecule has 1 aliphatic rings. The van der Waals surface area contributed by atoms with E-state index < -0.39 is 0 Å². The number of fused-ring (bicyclic) bond motifs is 1. The highest BCUT2D eigenvalue weighted by molar-refractivity contribution is 5.89. The van der Waals surface area contributed by atoms with Crippen LogP contribution >= 0.6 is 0 Å². The number of hydrogen-bond donors (Lipinski definition) is 2. The molecule has 0 bridgehead atoms. The van der Waals surface area contributed by atoms with Gasteiger partial charge in [-0.3, -0.25) is 4.79 Å². The number of anilines is 1. The zero-order chi connectivity index (χ0) is 15.7. The second kappa shape index (κ2) is 5.96. The van der Waals surface area contributed by atoms with E-state index in [1.165, 1.54) is 0 Å². The van der Waals surface area contributed by atoms with Gasteiger partial charge < -0.3 is 20.5 Å². The zero-order valence-electron chi connectivity index (χ0n) is 13.1. The van der Waals surface area contributed by atoms with E-state index in [-0.39, 0.29) is 18.5 Å². The van der Waals surface area contributed by atoms with Gasteiger partial charge in [0.25, 0.3) is 0 Å². The molecule has 1 amide bonds. The number of nitrogens with one attached hydrogen (secondary N) is 1. The van der Waals surface area contributed by atoms with Crippen LogP contribution in [0.5, 0.6) is 0 Å². The molecule has 6 nitrogen and oxygen atoms in total. The molecule has 0 saturated carbocycles. The fraction of sp³-hybridized carbons (Fsp3) is 0.500. The highest BCUT2D eigenvalue weighted by Crippen LogP contribution is 2.30. The number of rotatable bonds is 3. The van der Waals surface area contributed by atoms with Crippen LogP contribution in [0.3, 0.4) is 0 Å². The lowest BCUT2D eigenvalue weighted by Crippen LogP contribution is -2.53. The summed E-state index contributed by atoms with van der Waals surface area (Å²) in [5, 5.41) is 1.11. The minimum Gasteiger partial charge on any atom is -0.369 e. The standard InChI is InChI=1S/C16H23N5O/c1-11-5-8-21(15(22)9-17)10-14(11)20(2)13-4-7-19-16-12(13)3-6-18-16/h3-4,6-7,11,14H,5,8-10,17H2,1-2H3,(H,18,19). The number of pyridine rings is 1. The molecule has 2 atom stereocenters. The molecule has 2 aromatic rings. The Morgan fingerprint density at radius 3 is 3.14 bits per heavy atom. The van der Waals surface area contributed by atoms with Gasteiger partial charge in [-0.15, -0.1) is 0 Å². The van der Waals surface area contributed by atoms with Crippen LogP contribution < -0.4 is 10.6 Å². The van der Waals surface area contributed by atoms with Crippen molar-refractivity contribution in [2.75, 3.05) is 31.6 Å². The first-order valence-corrected chi connectivity index (χ1v) is 7.74. The summed E-state index contributed by atoms with van der Waals surface area (Å²) in [7, 11) is 2.10. The fourth-order valence-electron chi connectivity index (χ4n) is 3.34. The molecule has 1 fully saturated rings. The predicted molar refractivity (Wildman–Crippen MR) is 87.7 cm³/mol. The number of aromatic amines is 1. The Balaban J connectivity index is 1.88. The van der Waals surface area contributed by atoms with E-state index in [2.05, 4.69) is 28.8 Å². The van der Waals surface area contributed by atoms with Gasteiger partial charge in [-0.2, -0.15) is 0 Å². The minimum absolute atomic E-state index is 0.0341. The maximum absolute atomic E-state index is 11.9. The van der Waals surface area contributed by atoms with Gasteiger partial charge >= 0.3 is 0 Å². The van der Waals surface area contributed by atoms with Crippen LogP contribution in [0.4, 0.5) is 5.69 Å². The number of aromatic nitrogens is 2. The molecule has 0 aromatic carbocycles. The zero-order valence-corrected chi connectivity index (χ0v) is 13.1. The smallest absolute Gasteiger partial charge is 0.236 e. The maximum Gasteiger partial charge on any atom is 0.236 e. The number of carbonyl (C=O) groups excluding carboxylic acids is 1. The van der Waals surface area contributed by atoms with E-state index in [9.17, 15) is 4.79 Å². The predicted octanol–water partition coefficient (Wildman–Crippen LogP) is 1.19. The van der Waals surface area contributed by atoms with E-state index >= 15 is 0 Å². The third-order valence-electron chi connectivity index (χ3n) is 4.76. The quantitative estimate of drug-likeness (QED) is 0.893. The first-order valence-electron chi connectivity index (χ1n) is 7.74. The second-order valence-corrected chi connectivity index (χ2v) is 6.06. The highest BCUT2D eigenvalue weighted by Gasteiger charge is 2.31. The van der Waals surface area contributed by atoms with Crippen molar-refractivity contribution in [3.05, 3.63) is 24.5 Å². The van der Waals surface area contributed by atoms with Gasteiger partial charge in [-0.25, -0.2) is 4.98 Å². The normalized spacial score (nSPS) is 22.0. The largest absolute Gasteiger partial charge is 0.369 e. The minimum atomic E-state index is 0.0341. The van der Waals surface area contributed by atoms with E-state index in [1.807, 2.05) is 29.4 Å². The maximum atomic E-state index is 11.9. The Hall–Kier alpha value is -2.08. The molecular formula is C16H23N5O. The molecule has 2 unspecified atom stereocenters. The van der Waals surface area contributed by atoms with Gasteiger partial charge in [0.2, 0.25) is 5.91 Å². The van der Waals surface area contributed by atoms with Gasteiger partial charge in [-0.05, 0) is 24.5 Å². The Labute approximate surface area is 130 Å². The number of piperidine rings is 1. The molecular weight excluding hydrogens is 278 g/mol. The van der Waals surface area contributed by atoms with Crippen molar-refractivity contribution in [2.24, 2.45) is 11.7 Å². The third-order valence-corrected chi connectivity index (χ3v) is 4.76. The van der Waals surface area contributed by atoms with Crippen molar-refractivity contribution in [3.63, 3.8) is 0 Å². The second-order valence-electron chi connectivity index (χ2n) is 6.06. The van der Waals surface area contributed by atoms with Gasteiger partial charge in [0, 0.05) is 49.6 Å². The van der Waals surface area contributed by atoms with Gasteiger partial charge in [0.05, 0.1) is 6.54 Å². The monoisotopic (exact) mass is 301 g/mol. The van der Waals surface area contributed by atoms with Gasteiger partial charge in [0.1, 0.15) is 5.65 Å². The summed E-state index contributed by atoms with van der Waals surface area (Å²) in [4.78, 5) is 23.6. The first kappa shape index (κ1) is 14.8. The molecule has 0 radical (unpaired) electrons. The summed E-state index contributed by atoms with van der Waals surface area (Å²) in [5.41, 5.74) is 7.55. The lowest BCUT2D eigenvalue weighted by Gasteiger charge is -2.42. The average Bonchev–Trinajstić information content (AvgIpc) is 3.02. The number of amides is 1. The Morgan fingerprint density at radius 2 is 2.36 bits per heavy atom. The molecule has 0 aliphatic carbocycles. The van der Waals surface area contributed by atoms with Crippen molar-refractivity contribution in [1.29, 1.82) is 0 Å². The van der Waals surface area contributed by atoms with Crippen LogP contribution in [0, 0.1) is 5.92 Å². The number of likely N-dealkylation sites (tertiary alicyclic amines) is 1.